The molecule has 3 rings (SSSR count). The van der Waals surface area contributed by atoms with Crippen molar-refractivity contribution in [2.24, 2.45) is 0 Å². The molecular formula is C17H20N2O4S. The third-order valence-electron chi connectivity index (χ3n) is 4.25. The van der Waals surface area contributed by atoms with Gasteiger partial charge < -0.3 is 14.2 Å². The van der Waals surface area contributed by atoms with Gasteiger partial charge in [0.25, 0.3) is 0 Å². The summed E-state index contributed by atoms with van der Waals surface area (Å²) in [4.78, 5) is 15.7. The molecular weight excluding hydrogens is 328 g/mol. The van der Waals surface area contributed by atoms with Crippen molar-refractivity contribution in [1.29, 1.82) is 0 Å². The SMILES string of the molecule is CC(=O)N1CCN(c2ccc(S(C)(=O)=O)cc2-c2ccco2)CC1. The van der Waals surface area contributed by atoms with Gasteiger partial charge in [0.15, 0.2) is 9.84 Å². The van der Waals surface area contributed by atoms with Crippen molar-refractivity contribution in [2.45, 2.75) is 11.8 Å². The summed E-state index contributed by atoms with van der Waals surface area (Å²) < 4.78 is 29.2. The lowest BCUT2D eigenvalue weighted by atomic mass is 10.1. The molecule has 0 bridgehead atoms. The van der Waals surface area contributed by atoms with E-state index < -0.39 is 9.84 Å². The maximum Gasteiger partial charge on any atom is 0.219 e. The molecule has 0 N–H and O–H groups in total. The highest BCUT2D eigenvalue weighted by Gasteiger charge is 2.23. The Morgan fingerprint density at radius 1 is 1.12 bits per heavy atom. The molecule has 2 heterocycles. The molecule has 1 amide bonds. The normalized spacial score (nSPS) is 15.6. The smallest absolute Gasteiger partial charge is 0.219 e. The average Bonchev–Trinajstić information content (AvgIpc) is 3.08. The van der Waals surface area contributed by atoms with Crippen molar-refractivity contribution in [3.8, 4) is 11.3 Å². The molecule has 1 aliphatic rings. The highest BCUT2D eigenvalue weighted by atomic mass is 32.2. The number of furan rings is 1. The number of amides is 1. The van der Waals surface area contributed by atoms with E-state index in [1.54, 1.807) is 31.4 Å². The summed E-state index contributed by atoms with van der Waals surface area (Å²) in [5, 5.41) is 0. The van der Waals surface area contributed by atoms with Gasteiger partial charge in [-0.15, -0.1) is 0 Å². The number of hydrogen-bond acceptors (Lipinski definition) is 5. The summed E-state index contributed by atoms with van der Waals surface area (Å²) in [6.07, 6.45) is 2.76. The molecule has 0 saturated carbocycles. The summed E-state index contributed by atoms with van der Waals surface area (Å²) in [6, 6.07) is 8.68. The molecule has 2 aromatic rings. The number of sulfone groups is 1. The van der Waals surface area contributed by atoms with Gasteiger partial charge in [0.05, 0.1) is 11.2 Å². The first-order valence-electron chi connectivity index (χ1n) is 7.75. The quantitative estimate of drug-likeness (QED) is 0.849. The molecule has 0 aliphatic carbocycles. The Labute approximate surface area is 141 Å². The Hall–Kier alpha value is -2.28. The van der Waals surface area contributed by atoms with Crippen LogP contribution in [0.5, 0.6) is 0 Å². The highest BCUT2D eigenvalue weighted by Crippen LogP contribution is 2.34. The Bertz CT molecular complexity index is 835. The summed E-state index contributed by atoms with van der Waals surface area (Å²) >= 11 is 0. The lowest BCUT2D eigenvalue weighted by molar-refractivity contribution is -0.129. The number of hydrogen-bond donors (Lipinski definition) is 0. The Balaban J connectivity index is 1.98. The van der Waals surface area contributed by atoms with Crippen molar-refractivity contribution in [1.82, 2.24) is 4.90 Å². The minimum atomic E-state index is -3.30. The molecule has 128 valence electrons. The number of benzene rings is 1. The molecule has 0 atom stereocenters. The van der Waals surface area contributed by atoms with E-state index in [-0.39, 0.29) is 10.8 Å². The topological polar surface area (TPSA) is 70.8 Å². The second-order valence-corrected chi connectivity index (χ2v) is 7.94. The van der Waals surface area contributed by atoms with Crippen molar-refractivity contribution in [3.05, 3.63) is 36.6 Å². The van der Waals surface area contributed by atoms with Gasteiger partial charge in [-0.2, -0.15) is 0 Å². The van der Waals surface area contributed by atoms with E-state index in [1.807, 2.05) is 17.0 Å². The van der Waals surface area contributed by atoms with E-state index in [0.717, 1.165) is 11.3 Å². The van der Waals surface area contributed by atoms with Crippen LogP contribution in [0.25, 0.3) is 11.3 Å². The van der Waals surface area contributed by atoms with Crippen molar-refractivity contribution >= 4 is 21.4 Å². The van der Waals surface area contributed by atoms with Crippen molar-refractivity contribution in [2.75, 3.05) is 37.3 Å². The van der Waals surface area contributed by atoms with Gasteiger partial charge in [0.2, 0.25) is 5.91 Å². The van der Waals surface area contributed by atoms with Crippen LogP contribution in [0.1, 0.15) is 6.92 Å². The lowest BCUT2D eigenvalue weighted by Gasteiger charge is -2.36. The second-order valence-electron chi connectivity index (χ2n) is 5.92. The molecule has 6 nitrogen and oxygen atoms in total. The molecule has 1 fully saturated rings. The summed E-state index contributed by atoms with van der Waals surface area (Å²) in [7, 11) is -3.30. The van der Waals surface area contributed by atoms with Gasteiger partial charge in [-0.05, 0) is 30.3 Å². The number of carbonyl (C=O) groups is 1. The van der Waals surface area contributed by atoms with Crippen LogP contribution in [-0.2, 0) is 14.6 Å². The molecule has 1 aromatic carbocycles. The Morgan fingerprint density at radius 2 is 1.83 bits per heavy atom. The van der Waals surface area contributed by atoms with Crippen LogP contribution < -0.4 is 4.90 Å². The second kappa shape index (κ2) is 6.32. The van der Waals surface area contributed by atoms with Gasteiger partial charge in [0.1, 0.15) is 5.76 Å². The minimum Gasteiger partial charge on any atom is -0.464 e. The van der Waals surface area contributed by atoms with Gasteiger partial charge in [-0.3, -0.25) is 4.79 Å². The molecule has 1 aromatic heterocycles. The number of carbonyl (C=O) groups excluding carboxylic acids is 1. The van der Waals surface area contributed by atoms with E-state index in [0.29, 0.717) is 31.9 Å². The van der Waals surface area contributed by atoms with Crippen molar-refractivity contribution < 1.29 is 17.6 Å². The summed E-state index contributed by atoms with van der Waals surface area (Å²) in [5.41, 5.74) is 1.67. The first-order valence-corrected chi connectivity index (χ1v) is 9.64. The fraction of sp³-hybridized carbons (Fsp3) is 0.353. The van der Waals surface area contributed by atoms with Crippen LogP contribution in [0.4, 0.5) is 5.69 Å². The largest absolute Gasteiger partial charge is 0.464 e. The van der Waals surface area contributed by atoms with Crippen LogP contribution in [0.15, 0.2) is 45.9 Å². The van der Waals surface area contributed by atoms with E-state index in [4.69, 9.17) is 4.42 Å². The van der Waals surface area contributed by atoms with Crippen LogP contribution >= 0.6 is 0 Å². The molecule has 1 saturated heterocycles. The molecule has 0 spiro atoms. The molecule has 1 aliphatic heterocycles. The maximum atomic E-state index is 11.9. The van der Waals surface area contributed by atoms with E-state index in [2.05, 4.69) is 4.90 Å². The number of piperazine rings is 1. The first-order chi connectivity index (χ1) is 11.4. The predicted molar refractivity (Wildman–Crippen MR) is 91.7 cm³/mol. The molecule has 0 radical (unpaired) electrons. The van der Waals surface area contributed by atoms with E-state index >= 15 is 0 Å². The Morgan fingerprint density at radius 3 is 2.38 bits per heavy atom. The van der Waals surface area contributed by atoms with Gasteiger partial charge >= 0.3 is 0 Å². The zero-order chi connectivity index (χ0) is 17.3. The number of anilines is 1. The lowest BCUT2D eigenvalue weighted by Crippen LogP contribution is -2.48. The third-order valence-corrected chi connectivity index (χ3v) is 5.36. The predicted octanol–water partition coefficient (Wildman–Crippen LogP) is 2.02. The Kier molecular flexibility index (Phi) is 4.36. The van der Waals surface area contributed by atoms with Crippen LogP contribution in [0, 0.1) is 0 Å². The van der Waals surface area contributed by atoms with E-state index in [1.165, 1.54) is 6.26 Å². The third kappa shape index (κ3) is 3.31. The monoisotopic (exact) mass is 348 g/mol. The number of nitrogens with zero attached hydrogens (tertiary/aromatic N) is 2. The fourth-order valence-corrected chi connectivity index (χ4v) is 3.56. The maximum absolute atomic E-state index is 11.9. The van der Waals surface area contributed by atoms with Crippen molar-refractivity contribution in [3.63, 3.8) is 0 Å². The summed E-state index contributed by atoms with van der Waals surface area (Å²) in [6.45, 7) is 4.28. The zero-order valence-corrected chi connectivity index (χ0v) is 14.5. The first kappa shape index (κ1) is 16.6. The van der Waals surface area contributed by atoms with Crippen LogP contribution in [0.3, 0.4) is 0 Å². The number of rotatable bonds is 3. The van der Waals surface area contributed by atoms with Crippen LogP contribution in [0.2, 0.25) is 0 Å². The molecule has 7 heteroatoms. The summed E-state index contributed by atoms with van der Waals surface area (Å²) in [5.74, 6) is 0.706. The van der Waals surface area contributed by atoms with Gasteiger partial charge in [0, 0.05) is 50.6 Å². The van der Waals surface area contributed by atoms with Gasteiger partial charge in [-0.25, -0.2) is 8.42 Å². The minimum absolute atomic E-state index is 0.0772. The van der Waals surface area contributed by atoms with Crippen LogP contribution in [-0.4, -0.2) is 51.7 Å². The highest BCUT2D eigenvalue weighted by molar-refractivity contribution is 7.90. The molecule has 24 heavy (non-hydrogen) atoms. The standard InChI is InChI=1S/C17H20N2O4S/c1-13(20)18-7-9-19(10-8-18)16-6-5-14(24(2,21)22)12-15(16)17-4-3-11-23-17/h3-6,11-12H,7-10H2,1-2H3. The van der Waals surface area contributed by atoms with Gasteiger partial charge in [-0.1, -0.05) is 0 Å². The zero-order valence-electron chi connectivity index (χ0n) is 13.7. The average molecular weight is 348 g/mol. The van der Waals surface area contributed by atoms with E-state index in [9.17, 15) is 13.2 Å². The fourth-order valence-electron chi connectivity index (χ4n) is 2.91. The molecule has 0 unspecified atom stereocenters.